The Labute approximate surface area is 105 Å². The first-order chi connectivity index (χ1) is 7.17. The van der Waals surface area contributed by atoms with Crippen molar-refractivity contribution < 1.29 is 4.74 Å². The molecule has 0 aromatic heterocycles. The Kier molecular flexibility index (Phi) is 5.48. The molecule has 1 aromatic carbocycles. The van der Waals surface area contributed by atoms with Crippen LogP contribution >= 0.6 is 27.5 Å². The molecule has 15 heavy (non-hydrogen) atoms. The Hall–Kier alpha value is -0.210. The highest BCUT2D eigenvalue weighted by molar-refractivity contribution is 9.10. The SMILES string of the molecule is CCC(CC)COc1cc(Br)ccc1Cl. The number of halogens is 2. The normalized spacial score (nSPS) is 10.7. The molecule has 1 aromatic rings. The fourth-order valence-corrected chi connectivity index (χ4v) is 1.83. The molecule has 0 spiro atoms. The third-order valence-electron chi connectivity index (χ3n) is 2.52. The van der Waals surface area contributed by atoms with Crippen LogP contribution in [0.15, 0.2) is 22.7 Å². The van der Waals surface area contributed by atoms with E-state index in [0.717, 1.165) is 29.7 Å². The summed E-state index contributed by atoms with van der Waals surface area (Å²) in [6, 6.07) is 5.66. The average Bonchev–Trinajstić information content (AvgIpc) is 2.24. The molecule has 0 aliphatic carbocycles. The Balaban J connectivity index is 2.60. The standard InChI is InChI=1S/C12H16BrClO/c1-3-9(4-2)8-15-12-7-10(13)5-6-11(12)14/h5-7,9H,3-4,8H2,1-2H3. The second-order valence-electron chi connectivity index (χ2n) is 3.57. The van der Waals surface area contributed by atoms with E-state index in [2.05, 4.69) is 29.8 Å². The van der Waals surface area contributed by atoms with E-state index in [-0.39, 0.29) is 0 Å². The monoisotopic (exact) mass is 290 g/mol. The summed E-state index contributed by atoms with van der Waals surface area (Å²) in [4.78, 5) is 0. The van der Waals surface area contributed by atoms with Crippen LogP contribution in [0.3, 0.4) is 0 Å². The molecule has 0 saturated heterocycles. The highest BCUT2D eigenvalue weighted by Crippen LogP contribution is 2.28. The van der Waals surface area contributed by atoms with Crippen LogP contribution in [0.1, 0.15) is 26.7 Å². The fourth-order valence-electron chi connectivity index (χ4n) is 1.32. The Morgan fingerprint density at radius 1 is 1.33 bits per heavy atom. The maximum atomic E-state index is 6.02. The van der Waals surface area contributed by atoms with Crippen molar-refractivity contribution in [1.29, 1.82) is 0 Å². The predicted octanol–water partition coefficient (Wildman–Crippen LogP) is 4.92. The van der Waals surface area contributed by atoms with E-state index in [1.807, 2.05) is 18.2 Å². The molecule has 0 saturated carbocycles. The summed E-state index contributed by atoms with van der Waals surface area (Å²) in [5.74, 6) is 1.37. The molecule has 0 unspecified atom stereocenters. The first kappa shape index (κ1) is 12.9. The second kappa shape index (κ2) is 6.39. The number of rotatable bonds is 5. The molecule has 0 amide bonds. The molecule has 1 nitrogen and oxygen atoms in total. The van der Waals surface area contributed by atoms with Gasteiger partial charge < -0.3 is 4.74 Å². The fraction of sp³-hybridized carbons (Fsp3) is 0.500. The van der Waals surface area contributed by atoms with Gasteiger partial charge in [-0.3, -0.25) is 0 Å². The summed E-state index contributed by atoms with van der Waals surface area (Å²) < 4.78 is 6.69. The van der Waals surface area contributed by atoms with Gasteiger partial charge in [0.15, 0.2) is 0 Å². The average molecular weight is 292 g/mol. The van der Waals surface area contributed by atoms with Gasteiger partial charge in [0, 0.05) is 4.47 Å². The van der Waals surface area contributed by atoms with Crippen molar-refractivity contribution in [2.24, 2.45) is 5.92 Å². The van der Waals surface area contributed by atoms with E-state index in [1.54, 1.807) is 0 Å². The topological polar surface area (TPSA) is 9.23 Å². The lowest BCUT2D eigenvalue weighted by Gasteiger charge is -2.14. The van der Waals surface area contributed by atoms with Crippen molar-refractivity contribution in [3.05, 3.63) is 27.7 Å². The summed E-state index contributed by atoms with van der Waals surface area (Å²) in [6.07, 6.45) is 2.28. The molecule has 0 atom stereocenters. The lowest BCUT2D eigenvalue weighted by Crippen LogP contribution is -2.10. The summed E-state index contributed by atoms with van der Waals surface area (Å²) in [5, 5.41) is 0.671. The first-order valence-corrected chi connectivity index (χ1v) is 6.42. The number of hydrogen-bond acceptors (Lipinski definition) is 1. The van der Waals surface area contributed by atoms with Crippen LogP contribution in [0.25, 0.3) is 0 Å². The minimum atomic E-state index is 0.611. The quantitative estimate of drug-likeness (QED) is 0.748. The van der Waals surface area contributed by atoms with Gasteiger partial charge in [-0.15, -0.1) is 0 Å². The van der Waals surface area contributed by atoms with Crippen molar-refractivity contribution in [3.8, 4) is 5.75 Å². The largest absolute Gasteiger partial charge is 0.492 e. The zero-order valence-electron chi connectivity index (χ0n) is 9.09. The van der Waals surface area contributed by atoms with Gasteiger partial charge in [0.2, 0.25) is 0 Å². The van der Waals surface area contributed by atoms with Crippen molar-refractivity contribution in [1.82, 2.24) is 0 Å². The molecule has 0 heterocycles. The molecule has 0 radical (unpaired) electrons. The van der Waals surface area contributed by atoms with Gasteiger partial charge in [-0.1, -0.05) is 54.2 Å². The lowest BCUT2D eigenvalue weighted by molar-refractivity contribution is 0.240. The maximum absolute atomic E-state index is 6.02. The van der Waals surface area contributed by atoms with Gasteiger partial charge in [0.25, 0.3) is 0 Å². The Morgan fingerprint density at radius 3 is 2.60 bits per heavy atom. The van der Waals surface area contributed by atoms with E-state index in [9.17, 15) is 0 Å². The molecular formula is C12H16BrClO. The highest BCUT2D eigenvalue weighted by atomic mass is 79.9. The van der Waals surface area contributed by atoms with Crippen LogP contribution in [0, 0.1) is 5.92 Å². The van der Waals surface area contributed by atoms with Gasteiger partial charge in [0.05, 0.1) is 11.6 Å². The second-order valence-corrected chi connectivity index (χ2v) is 4.89. The van der Waals surface area contributed by atoms with Crippen molar-refractivity contribution >= 4 is 27.5 Å². The van der Waals surface area contributed by atoms with Crippen LogP contribution in [0.2, 0.25) is 5.02 Å². The highest BCUT2D eigenvalue weighted by Gasteiger charge is 2.07. The lowest BCUT2D eigenvalue weighted by atomic mass is 10.1. The zero-order chi connectivity index (χ0) is 11.3. The van der Waals surface area contributed by atoms with Crippen LogP contribution < -0.4 is 4.74 Å². The van der Waals surface area contributed by atoms with Crippen LogP contribution in [0.5, 0.6) is 5.75 Å². The molecule has 0 bridgehead atoms. The summed E-state index contributed by atoms with van der Waals surface area (Å²) in [6.45, 7) is 5.10. The third kappa shape index (κ3) is 4.04. The van der Waals surface area contributed by atoms with Crippen LogP contribution in [-0.2, 0) is 0 Å². The van der Waals surface area contributed by atoms with E-state index in [1.165, 1.54) is 0 Å². The van der Waals surface area contributed by atoms with Crippen LogP contribution in [-0.4, -0.2) is 6.61 Å². The Bertz CT molecular complexity index is 310. The van der Waals surface area contributed by atoms with Gasteiger partial charge >= 0.3 is 0 Å². The van der Waals surface area contributed by atoms with E-state index >= 15 is 0 Å². The minimum Gasteiger partial charge on any atom is -0.492 e. The number of benzene rings is 1. The summed E-state index contributed by atoms with van der Waals surface area (Å²) in [7, 11) is 0. The molecule has 0 aliphatic rings. The van der Waals surface area contributed by atoms with Gasteiger partial charge in [-0.2, -0.15) is 0 Å². The van der Waals surface area contributed by atoms with Crippen molar-refractivity contribution in [2.75, 3.05) is 6.61 Å². The third-order valence-corrected chi connectivity index (χ3v) is 3.33. The van der Waals surface area contributed by atoms with Crippen LogP contribution in [0.4, 0.5) is 0 Å². The molecule has 1 rings (SSSR count). The molecule has 0 N–H and O–H groups in total. The molecule has 84 valence electrons. The van der Waals surface area contributed by atoms with Gasteiger partial charge in [-0.25, -0.2) is 0 Å². The Morgan fingerprint density at radius 2 is 2.00 bits per heavy atom. The van der Waals surface area contributed by atoms with Crippen molar-refractivity contribution in [2.45, 2.75) is 26.7 Å². The smallest absolute Gasteiger partial charge is 0.139 e. The molecule has 3 heteroatoms. The molecular weight excluding hydrogens is 275 g/mol. The summed E-state index contributed by atoms with van der Waals surface area (Å²) in [5.41, 5.74) is 0. The van der Waals surface area contributed by atoms with Crippen molar-refractivity contribution in [3.63, 3.8) is 0 Å². The first-order valence-electron chi connectivity index (χ1n) is 5.25. The van der Waals surface area contributed by atoms with E-state index in [4.69, 9.17) is 16.3 Å². The minimum absolute atomic E-state index is 0.611. The molecule has 0 aliphatic heterocycles. The zero-order valence-corrected chi connectivity index (χ0v) is 11.4. The van der Waals surface area contributed by atoms with Gasteiger partial charge in [0.1, 0.15) is 5.75 Å². The van der Waals surface area contributed by atoms with E-state index < -0.39 is 0 Å². The number of ether oxygens (including phenoxy) is 1. The summed E-state index contributed by atoms with van der Waals surface area (Å²) >= 11 is 9.42. The number of hydrogen-bond donors (Lipinski definition) is 0. The molecule has 0 fully saturated rings. The van der Waals surface area contributed by atoms with Gasteiger partial charge in [-0.05, 0) is 24.1 Å². The predicted molar refractivity (Wildman–Crippen MR) is 68.7 cm³/mol. The maximum Gasteiger partial charge on any atom is 0.139 e. The van der Waals surface area contributed by atoms with E-state index in [0.29, 0.717) is 10.9 Å².